The van der Waals surface area contributed by atoms with Crippen LogP contribution < -0.4 is 10.1 Å². The number of carbonyl (C=O) groups excluding carboxylic acids is 1. The van der Waals surface area contributed by atoms with E-state index < -0.39 is 23.6 Å². The third kappa shape index (κ3) is 4.16. The number of nitrogens with one attached hydrogen (secondary N) is 1. The van der Waals surface area contributed by atoms with Gasteiger partial charge in [0, 0.05) is 11.8 Å². The summed E-state index contributed by atoms with van der Waals surface area (Å²) < 4.78 is 31.4. The van der Waals surface area contributed by atoms with Crippen molar-refractivity contribution in [3.63, 3.8) is 0 Å². The van der Waals surface area contributed by atoms with Crippen LogP contribution in [0.4, 0.5) is 14.5 Å². The maximum atomic E-state index is 13.0. The molecule has 1 amide bonds. The van der Waals surface area contributed by atoms with Crippen LogP contribution in [0.3, 0.4) is 0 Å². The zero-order valence-corrected chi connectivity index (χ0v) is 11.8. The first-order valence-electron chi connectivity index (χ1n) is 6.14. The molecule has 0 radical (unpaired) electrons. The van der Waals surface area contributed by atoms with Crippen LogP contribution in [0, 0.1) is 11.6 Å². The van der Waals surface area contributed by atoms with Gasteiger partial charge in [-0.2, -0.15) is 0 Å². The van der Waals surface area contributed by atoms with Crippen molar-refractivity contribution in [2.75, 3.05) is 5.32 Å². The molecule has 3 nitrogen and oxygen atoms in total. The highest BCUT2D eigenvalue weighted by Crippen LogP contribution is 2.20. The molecule has 1 atom stereocenters. The molecule has 0 bridgehead atoms. The summed E-state index contributed by atoms with van der Waals surface area (Å²) in [6, 6.07) is 9.31. The third-order valence-electron chi connectivity index (χ3n) is 2.67. The van der Waals surface area contributed by atoms with E-state index in [1.54, 1.807) is 6.07 Å². The van der Waals surface area contributed by atoms with Gasteiger partial charge in [0.1, 0.15) is 17.4 Å². The molecule has 1 unspecified atom stereocenters. The Morgan fingerprint density at radius 2 is 2.00 bits per heavy atom. The van der Waals surface area contributed by atoms with Crippen molar-refractivity contribution < 1.29 is 18.3 Å². The minimum Gasteiger partial charge on any atom is -0.481 e. The Bertz CT molecular complexity index is 664. The monoisotopic (exact) mass is 311 g/mol. The molecule has 0 spiro atoms. The lowest BCUT2D eigenvalue weighted by atomic mass is 10.3. The molecule has 0 saturated carbocycles. The number of hydrogen-bond acceptors (Lipinski definition) is 2. The quantitative estimate of drug-likeness (QED) is 0.926. The summed E-state index contributed by atoms with van der Waals surface area (Å²) in [5, 5.41) is 2.44. The van der Waals surface area contributed by atoms with Crippen molar-refractivity contribution in [3.05, 3.63) is 59.1 Å². The standard InChI is InChI=1S/C15H12ClF2NO2/c1-9(21-12-4-2-3-10(17)7-12)15(20)19-11-5-6-14(18)13(16)8-11/h2-9H,1H3,(H,19,20). The predicted molar refractivity (Wildman–Crippen MR) is 76.5 cm³/mol. The Labute approximate surface area is 125 Å². The first-order valence-corrected chi connectivity index (χ1v) is 6.51. The Morgan fingerprint density at radius 1 is 1.24 bits per heavy atom. The van der Waals surface area contributed by atoms with Crippen LogP contribution in [0.5, 0.6) is 5.75 Å². The lowest BCUT2D eigenvalue weighted by Gasteiger charge is -2.15. The van der Waals surface area contributed by atoms with E-state index in [0.717, 1.165) is 6.07 Å². The Morgan fingerprint density at radius 3 is 2.67 bits per heavy atom. The summed E-state index contributed by atoms with van der Waals surface area (Å²) in [6.45, 7) is 1.52. The highest BCUT2D eigenvalue weighted by atomic mass is 35.5. The molecule has 0 fully saturated rings. The summed E-state index contributed by atoms with van der Waals surface area (Å²) in [6.07, 6.45) is -0.851. The summed E-state index contributed by atoms with van der Waals surface area (Å²) >= 11 is 5.62. The van der Waals surface area contributed by atoms with E-state index in [0.29, 0.717) is 5.69 Å². The third-order valence-corrected chi connectivity index (χ3v) is 2.95. The number of amides is 1. The van der Waals surface area contributed by atoms with E-state index in [9.17, 15) is 13.6 Å². The lowest BCUT2D eigenvalue weighted by Crippen LogP contribution is -2.30. The number of carbonyl (C=O) groups is 1. The lowest BCUT2D eigenvalue weighted by molar-refractivity contribution is -0.122. The molecule has 110 valence electrons. The molecule has 6 heteroatoms. The fourth-order valence-electron chi connectivity index (χ4n) is 1.62. The number of ether oxygens (including phenoxy) is 1. The van der Waals surface area contributed by atoms with E-state index in [1.165, 1.54) is 37.3 Å². The summed E-state index contributed by atoms with van der Waals surface area (Å²) in [7, 11) is 0. The van der Waals surface area contributed by atoms with Crippen molar-refractivity contribution in [2.45, 2.75) is 13.0 Å². The maximum absolute atomic E-state index is 13.0. The Balaban J connectivity index is 2.00. The number of halogens is 3. The Kier molecular flexibility index (Phi) is 4.75. The second kappa shape index (κ2) is 6.54. The average Bonchev–Trinajstić information content (AvgIpc) is 2.43. The molecule has 21 heavy (non-hydrogen) atoms. The summed E-state index contributed by atoms with van der Waals surface area (Å²) in [4.78, 5) is 11.9. The second-order valence-corrected chi connectivity index (χ2v) is 4.74. The molecule has 0 heterocycles. The number of hydrogen-bond donors (Lipinski definition) is 1. The van der Waals surface area contributed by atoms with Crippen LogP contribution in [0.25, 0.3) is 0 Å². The van der Waals surface area contributed by atoms with Crippen LogP contribution >= 0.6 is 11.6 Å². The minimum atomic E-state index is -0.851. The van der Waals surface area contributed by atoms with E-state index in [4.69, 9.17) is 16.3 Å². The highest BCUT2D eigenvalue weighted by molar-refractivity contribution is 6.31. The molecular formula is C15H12ClF2NO2. The van der Waals surface area contributed by atoms with Gasteiger partial charge in [-0.15, -0.1) is 0 Å². The van der Waals surface area contributed by atoms with E-state index in [2.05, 4.69) is 5.32 Å². The van der Waals surface area contributed by atoms with Gasteiger partial charge in [-0.1, -0.05) is 17.7 Å². The first-order chi connectivity index (χ1) is 9.95. The van der Waals surface area contributed by atoms with Gasteiger partial charge < -0.3 is 10.1 Å². The van der Waals surface area contributed by atoms with Crippen molar-refractivity contribution in [3.8, 4) is 5.75 Å². The molecule has 0 aliphatic heterocycles. The number of rotatable bonds is 4. The molecular weight excluding hydrogens is 300 g/mol. The fourth-order valence-corrected chi connectivity index (χ4v) is 1.80. The van der Waals surface area contributed by atoms with E-state index >= 15 is 0 Å². The van der Waals surface area contributed by atoms with Crippen LogP contribution in [0.15, 0.2) is 42.5 Å². The van der Waals surface area contributed by atoms with Gasteiger partial charge in [-0.05, 0) is 37.3 Å². The molecule has 2 rings (SSSR count). The molecule has 0 saturated heterocycles. The minimum absolute atomic E-state index is 0.0912. The SMILES string of the molecule is CC(Oc1cccc(F)c1)C(=O)Nc1ccc(F)c(Cl)c1. The zero-order valence-electron chi connectivity index (χ0n) is 11.1. The van der Waals surface area contributed by atoms with Crippen LogP contribution in [-0.4, -0.2) is 12.0 Å². The Hall–Kier alpha value is -2.14. The molecule has 0 aliphatic rings. The van der Waals surface area contributed by atoms with Gasteiger partial charge in [0.25, 0.3) is 5.91 Å². The molecule has 1 N–H and O–H groups in total. The van der Waals surface area contributed by atoms with E-state index in [-0.39, 0.29) is 10.8 Å². The molecule has 2 aromatic carbocycles. The van der Waals surface area contributed by atoms with Gasteiger partial charge in [-0.25, -0.2) is 8.78 Å². The van der Waals surface area contributed by atoms with Gasteiger partial charge in [0.15, 0.2) is 6.10 Å². The second-order valence-electron chi connectivity index (χ2n) is 4.34. The molecule has 0 aromatic heterocycles. The summed E-state index contributed by atoms with van der Waals surface area (Å²) in [5.41, 5.74) is 0.348. The normalized spacial score (nSPS) is 11.8. The zero-order chi connectivity index (χ0) is 15.4. The van der Waals surface area contributed by atoms with E-state index in [1.807, 2.05) is 0 Å². The topological polar surface area (TPSA) is 38.3 Å². The maximum Gasteiger partial charge on any atom is 0.265 e. The molecule has 2 aromatic rings. The summed E-state index contributed by atoms with van der Waals surface area (Å²) in [5.74, 6) is -1.24. The number of anilines is 1. The largest absolute Gasteiger partial charge is 0.481 e. The first kappa shape index (κ1) is 15.3. The van der Waals surface area contributed by atoms with Crippen molar-refractivity contribution in [1.82, 2.24) is 0 Å². The molecule has 0 aliphatic carbocycles. The average molecular weight is 312 g/mol. The van der Waals surface area contributed by atoms with Gasteiger partial charge >= 0.3 is 0 Å². The van der Waals surface area contributed by atoms with Crippen molar-refractivity contribution in [2.24, 2.45) is 0 Å². The fraction of sp³-hybridized carbons (Fsp3) is 0.133. The smallest absolute Gasteiger partial charge is 0.265 e. The van der Waals surface area contributed by atoms with Crippen LogP contribution in [-0.2, 0) is 4.79 Å². The predicted octanol–water partition coefficient (Wildman–Crippen LogP) is 4.02. The van der Waals surface area contributed by atoms with Crippen molar-refractivity contribution >= 4 is 23.2 Å². The highest BCUT2D eigenvalue weighted by Gasteiger charge is 2.15. The number of benzene rings is 2. The van der Waals surface area contributed by atoms with Crippen LogP contribution in [0.1, 0.15) is 6.92 Å². The van der Waals surface area contributed by atoms with Crippen molar-refractivity contribution in [1.29, 1.82) is 0 Å². The van der Waals surface area contributed by atoms with Gasteiger partial charge in [0.05, 0.1) is 5.02 Å². The van der Waals surface area contributed by atoms with Gasteiger partial charge in [-0.3, -0.25) is 4.79 Å². The van der Waals surface area contributed by atoms with Crippen LogP contribution in [0.2, 0.25) is 5.02 Å². The van der Waals surface area contributed by atoms with Gasteiger partial charge in [0.2, 0.25) is 0 Å².